The van der Waals surface area contributed by atoms with Crippen LogP contribution in [0.1, 0.15) is 17.2 Å². The fourth-order valence-electron chi connectivity index (χ4n) is 2.95. The van der Waals surface area contributed by atoms with E-state index in [-0.39, 0.29) is 11.7 Å². The van der Waals surface area contributed by atoms with Crippen molar-refractivity contribution in [3.63, 3.8) is 0 Å². The Morgan fingerprint density at radius 3 is 2.74 bits per heavy atom. The molecule has 0 aliphatic carbocycles. The van der Waals surface area contributed by atoms with Crippen molar-refractivity contribution < 1.29 is 9.90 Å². The second-order valence-corrected chi connectivity index (χ2v) is 5.73. The summed E-state index contributed by atoms with van der Waals surface area (Å²) in [5, 5.41) is 18.1. The van der Waals surface area contributed by atoms with Crippen molar-refractivity contribution in [3.05, 3.63) is 71.6 Å². The zero-order valence-corrected chi connectivity index (χ0v) is 12.5. The Hall–Kier alpha value is -3.08. The largest absolute Gasteiger partial charge is 0.510 e. The Kier molecular flexibility index (Phi) is 2.94. The molecule has 114 valence electrons. The van der Waals surface area contributed by atoms with Gasteiger partial charge in [-0.05, 0) is 30.7 Å². The Labute approximate surface area is 132 Å². The highest BCUT2D eigenvalue weighted by Gasteiger charge is 2.35. The molecule has 0 saturated heterocycles. The molecule has 4 rings (SSSR count). The van der Waals surface area contributed by atoms with Gasteiger partial charge in [-0.3, -0.25) is 14.8 Å². The molecule has 2 heterocycles. The van der Waals surface area contributed by atoms with Gasteiger partial charge in [0.1, 0.15) is 11.8 Å². The number of H-pyrrole nitrogens is 1. The van der Waals surface area contributed by atoms with E-state index >= 15 is 0 Å². The summed E-state index contributed by atoms with van der Waals surface area (Å²) in [6.45, 7) is 2.00. The minimum absolute atomic E-state index is 0.0589. The number of aromatic nitrogens is 2. The Bertz CT molecular complexity index is 925. The second kappa shape index (κ2) is 4.98. The first kappa shape index (κ1) is 13.6. The zero-order valence-electron chi connectivity index (χ0n) is 12.5. The molecule has 0 bridgehead atoms. The van der Waals surface area contributed by atoms with Crippen LogP contribution in [0.2, 0.25) is 0 Å². The molecule has 0 saturated carbocycles. The Balaban J connectivity index is 1.81. The first-order valence-electron chi connectivity index (χ1n) is 7.37. The van der Waals surface area contributed by atoms with Gasteiger partial charge in [0.15, 0.2) is 0 Å². The van der Waals surface area contributed by atoms with Gasteiger partial charge in [0, 0.05) is 17.1 Å². The molecule has 1 amide bonds. The molecular weight excluding hydrogens is 290 g/mol. The average molecular weight is 305 g/mol. The summed E-state index contributed by atoms with van der Waals surface area (Å²) < 4.78 is 0. The first-order chi connectivity index (χ1) is 11.1. The van der Waals surface area contributed by atoms with Crippen molar-refractivity contribution in [1.82, 2.24) is 10.2 Å². The predicted molar refractivity (Wildman–Crippen MR) is 88.2 cm³/mol. The van der Waals surface area contributed by atoms with Crippen molar-refractivity contribution in [2.45, 2.75) is 13.0 Å². The quantitative estimate of drug-likeness (QED) is 0.762. The van der Waals surface area contributed by atoms with E-state index in [0.29, 0.717) is 0 Å². The number of aryl methyl sites for hydroxylation is 1. The van der Waals surface area contributed by atoms with Crippen molar-refractivity contribution in [3.8, 4) is 0 Å². The fraction of sp³-hybridized carbons (Fsp3) is 0.111. The van der Waals surface area contributed by atoms with Crippen molar-refractivity contribution in [2.24, 2.45) is 0 Å². The van der Waals surface area contributed by atoms with E-state index in [4.69, 9.17) is 0 Å². The molecule has 1 unspecified atom stereocenters. The van der Waals surface area contributed by atoms with Crippen LogP contribution in [0.3, 0.4) is 0 Å². The first-order valence-corrected chi connectivity index (χ1v) is 7.37. The van der Waals surface area contributed by atoms with E-state index in [9.17, 15) is 9.90 Å². The molecule has 5 heteroatoms. The highest BCUT2D eigenvalue weighted by atomic mass is 16.3. The van der Waals surface area contributed by atoms with Crippen LogP contribution in [0.25, 0.3) is 10.9 Å². The van der Waals surface area contributed by atoms with Crippen LogP contribution >= 0.6 is 0 Å². The van der Waals surface area contributed by atoms with Crippen molar-refractivity contribution >= 4 is 22.5 Å². The van der Waals surface area contributed by atoms with Gasteiger partial charge >= 0.3 is 0 Å². The van der Waals surface area contributed by atoms with E-state index in [0.717, 1.165) is 27.7 Å². The maximum Gasteiger partial charge on any atom is 0.255 e. The summed E-state index contributed by atoms with van der Waals surface area (Å²) in [7, 11) is 0. The summed E-state index contributed by atoms with van der Waals surface area (Å²) in [6.07, 6.45) is 3.01. The third-order valence-electron chi connectivity index (χ3n) is 4.14. The lowest BCUT2D eigenvalue weighted by Gasteiger charge is -2.26. The lowest BCUT2D eigenvalue weighted by Crippen LogP contribution is -2.29. The number of hydrogen-bond donors (Lipinski definition) is 2. The second-order valence-electron chi connectivity index (χ2n) is 5.73. The highest BCUT2D eigenvalue weighted by molar-refractivity contribution is 6.06. The monoisotopic (exact) mass is 305 g/mol. The Morgan fingerprint density at radius 1 is 1.17 bits per heavy atom. The predicted octanol–water partition coefficient (Wildman–Crippen LogP) is 3.40. The topological polar surface area (TPSA) is 69.2 Å². The van der Waals surface area contributed by atoms with E-state index < -0.39 is 6.04 Å². The standard InChI is InChI=1S/C18H15N3O2/c1-11-2-4-12(5-3-11)18-16(22)9-17(23)21(18)14-7-6-13-10-19-20-15(13)8-14/h2-10,18,22H,1H3,(H,19,20). The summed E-state index contributed by atoms with van der Waals surface area (Å²) in [5.74, 6) is -0.171. The van der Waals surface area contributed by atoms with Crippen LogP contribution in [0.5, 0.6) is 0 Å². The normalized spacial score (nSPS) is 17.8. The molecule has 1 aliphatic heterocycles. The number of anilines is 1. The zero-order chi connectivity index (χ0) is 16.0. The number of hydrogen-bond acceptors (Lipinski definition) is 3. The SMILES string of the molecule is Cc1ccc(C2C(O)=CC(=O)N2c2ccc3cn[nH]c3c2)cc1. The van der Waals surface area contributed by atoms with Gasteiger partial charge in [-0.2, -0.15) is 5.10 Å². The summed E-state index contributed by atoms with van der Waals surface area (Å²) in [5.41, 5.74) is 3.58. The van der Waals surface area contributed by atoms with Crippen LogP contribution in [0.4, 0.5) is 5.69 Å². The number of carbonyl (C=O) groups is 1. The number of aliphatic hydroxyl groups excluding tert-OH is 1. The van der Waals surface area contributed by atoms with Crippen LogP contribution in [0, 0.1) is 6.92 Å². The maximum atomic E-state index is 12.4. The molecule has 1 aromatic heterocycles. The average Bonchev–Trinajstić information content (AvgIpc) is 3.11. The van der Waals surface area contributed by atoms with Crippen LogP contribution < -0.4 is 4.90 Å². The lowest BCUT2D eigenvalue weighted by molar-refractivity contribution is -0.113. The molecule has 0 fully saturated rings. The lowest BCUT2D eigenvalue weighted by atomic mass is 10.0. The number of aliphatic hydroxyl groups is 1. The molecular formula is C18H15N3O2. The Morgan fingerprint density at radius 2 is 1.96 bits per heavy atom. The van der Waals surface area contributed by atoms with E-state index in [1.807, 2.05) is 49.4 Å². The summed E-state index contributed by atoms with van der Waals surface area (Å²) in [4.78, 5) is 14.0. The molecule has 23 heavy (non-hydrogen) atoms. The van der Waals surface area contributed by atoms with Crippen molar-refractivity contribution in [2.75, 3.05) is 4.90 Å². The summed E-state index contributed by atoms with van der Waals surface area (Å²) in [6, 6.07) is 13.0. The van der Waals surface area contributed by atoms with Gasteiger partial charge in [-0.25, -0.2) is 0 Å². The highest BCUT2D eigenvalue weighted by Crippen LogP contribution is 2.37. The number of nitrogens with one attached hydrogen (secondary N) is 1. The molecule has 0 radical (unpaired) electrons. The van der Waals surface area contributed by atoms with Gasteiger partial charge in [0.05, 0.1) is 11.7 Å². The number of benzene rings is 2. The number of fused-ring (bicyclic) bond motifs is 1. The van der Waals surface area contributed by atoms with Gasteiger partial charge in [0.25, 0.3) is 5.91 Å². The number of aromatic amines is 1. The molecule has 3 aromatic rings. The third-order valence-corrected chi connectivity index (χ3v) is 4.14. The summed E-state index contributed by atoms with van der Waals surface area (Å²) >= 11 is 0. The molecule has 0 spiro atoms. The molecule has 2 aromatic carbocycles. The smallest absolute Gasteiger partial charge is 0.255 e. The number of amides is 1. The van der Waals surface area contributed by atoms with E-state index in [2.05, 4.69) is 10.2 Å². The van der Waals surface area contributed by atoms with Crippen LogP contribution in [0.15, 0.2) is 60.5 Å². The van der Waals surface area contributed by atoms with E-state index in [1.165, 1.54) is 6.08 Å². The van der Waals surface area contributed by atoms with Crippen LogP contribution in [-0.2, 0) is 4.79 Å². The van der Waals surface area contributed by atoms with Gasteiger partial charge in [0.2, 0.25) is 0 Å². The number of carbonyl (C=O) groups excluding carboxylic acids is 1. The third kappa shape index (κ3) is 2.17. The molecule has 1 aliphatic rings. The van der Waals surface area contributed by atoms with Gasteiger partial charge < -0.3 is 5.11 Å². The van der Waals surface area contributed by atoms with Gasteiger partial charge in [-0.15, -0.1) is 0 Å². The number of nitrogens with zero attached hydrogens (tertiary/aromatic N) is 2. The minimum Gasteiger partial charge on any atom is -0.510 e. The molecule has 2 N–H and O–H groups in total. The van der Waals surface area contributed by atoms with Crippen LogP contribution in [-0.4, -0.2) is 21.2 Å². The number of rotatable bonds is 2. The fourth-order valence-corrected chi connectivity index (χ4v) is 2.95. The van der Waals surface area contributed by atoms with Crippen molar-refractivity contribution in [1.29, 1.82) is 0 Å². The van der Waals surface area contributed by atoms with E-state index in [1.54, 1.807) is 11.1 Å². The minimum atomic E-state index is -0.497. The maximum absolute atomic E-state index is 12.4. The molecule has 1 atom stereocenters. The van der Waals surface area contributed by atoms with Gasteiger partial charge in [-0.1, -0.05) is 29.8 Å². The molecule has 5 nitrogen and oxygen atoms in total.